The number of carbonyl (C=O) groups excluding carboxylic acids is 1. The minimum absolute atomic E-state index is 0.153. The SMILES string of the molecule is Cc1ccc(-c2noc(CN(C)C(=O)c3ccc(NS(C)(=O)=O)c(C)c3)n2)cc1. The highest BCUT2D eigenvalue weighted by Crippen LogP contribution is 2.20. The molecule has 0 fully saturated rings. The molecule has 1 amide bonds. The lowest BCUT2D eigenvalue weighted by Gasteiger charge is -2.16. The predicted octanol–water partition coefficient (Wildman–Crippen LogP) is 3.00. The Morgan fingerprint density at radius 2 is 1.83 bits per heavy atom. The van der Waals surface area contributed by atoms with Gasteiger partial charge in [-0.15, -0.1) is 0 Å². The molecule has 0 unspecified atom stereocenters. The molecule has 8 nitrogen and oxygen atoms in total. The van der Waals surface area contributed by atoms with Crippen molar-refractivity contribution in [2.24, 2.45) is 0 Å². The Bertz CT molecular complexity index is 1140. The molecule has 0 aliphatic carbocycles. The molecule has 0 radical (unpaired) electrons. The summed E-state index contributed by atoms with van der Waals surface area (Å²) in [5.41, 5.74) is 3.49. The van der Waals surface area contributed by atoms with Crippen LogP contribution < -0.4 is 4.72 Å². The average Bonchev–Trinajstić information content (AvgIpc) is 3.10. The minimum atomic E-state index is -3.39. The van der Waals surface area contributed by atoms with Gasteiger partial charge >= 0.3 is 0 Å². The Hall–Kier alpha value is -3.20. The van der Waals surface area contributed by atoms with Crippen molar-refractivity contribution in [3.05, 3.63) is 65.0 Å². The van der Waals surface area contributed by atoms with E-state index in [2.05, 4.69) is 14.9 Å². The van der Waals surface area contributed by atoms with Crippen molar-refractivity contribution in [1.82, 2.24) is 15.0 Å². The van der Waals surface area contributed by atoms with Crippen LogP contribution in [0, 0.1) is 13.8 Å². The number of nitrogens with one attached hydrogen (secondary N) is 1. The van der Waals surface area contributed by atoms with Crippen LogP contribution in [0.15, 0.2) is 47.0 Å². The van der Waals surface area contributed by atoms with Crippen LogP contribution in [0.3, 0.4) is 0 Å². The molecule has 1 aromatic heterocycles. The number of anilines is 1. The van der Waals surface area contributed by atoms with E-state index in [1.54, 1.807) is 32.2 Å². The molecule has 0 aliphatic rings. The number of rotatable bonds is 6. The summed E-state index contributed by atoms with van der Waals surface area (Å²) in [6, 6.07) is 12.5. The fourth-order valence-corrected chi connectivity index (χ4v) is 3.37. The maximum absolute atomic E-state index is 12.7. The smallest absolute Gasteiger partial charge is 0.254 e. The Kier molecular flexibility index (Phi) is 5.69. The van der Waals surface area contributed by atoms with Crippen LogP contribution in [-0.4, -0.2) is 42.7 Å². The number of amides is 1. The van der Waals surface area contributed by atoms with E-state index < -0.39 is 10.0 Å². The third kappa shape index (κ3) is 5.20. The van der Waals surface area contributed by atoms with Gasteiger partial charge in [-0.25, -0.2) is 8.42 Å². The van der Waals surface area contributed by atoms with Gasteiger partial charge in [0.05, 0.1) is 18.5 Å². The fourth-order valence-electron chi connectivity index (χ4n) is 2.75. The van der Waals surface area contributed by atoms with Gasteiger partial charge in [0.15, 0.2) is 0 Å². The zero-order valence-electron chi connectivity index (χ0n) is 16.6. The molecule has 9 heteroatoms. The molecular weight excluding hydrogens is 392 g/mol. The Morgan fingerprint density at radius 3 is 2.45 bits per heavy atom. The van der Waals surface area contributed by atoms with E-state index in [4.69, 9.17) is 4.52 Å². The number of nitrogens with zero attached hydrogens (tertiary/aromatic N) is 3. The maximum atomic E-state index is 12.7. The summed E-state index contributed by atoms with van der Waals surface area (Å²) in [6.45, 7) is 3.88. The van der Waals surface area contributed by atoms with Gasteiger partial charge in [0, 0.05) is 18.2 Å². The first kappa shape index (κ1) is 20.5. The molecule has 0 saturated heterocycles. The van der Waals surface area contributed by atoms with Crippen LogP contribution in [0.4, 0.5) is 5.69 Å². The van der Waals surface area contributed by atoms with Gasteiger partial charge in [-0.3, -0.25) is 9.52 Å². The number of aryl methyl sites for hydroxylation is 2. The first-order valence-corrected chi connectivity index (χ1v) is 10.7. The molecule has 3 rings (SSSR count). The van der Waals surface area contributed by atoms with Crippen molar-refractivity contribution in [3.8, 4) is 11.4 Å². The molecule has 0 bridgehead atoms. The number of benzene rings is 2. The van der Waals surface area contributed by atoms with Crippen molar-refractivity contribution in [2.45, 2.75) is 20.4 Å². The summed E-state index contributed by atoms with van der Waals surface area (Å²) in [7, 11) is -1.75. The van der Waals surface area contributed by atoms with E-state index in [0.717, 1.165) is 17.4 Å². The van der Waals surface area contributed by atoms with Crippen molar-refractivity contribution in [3.63, 3.8) is 0 Å². The number of aromatic nitrogens is 2. The van der Waals surface area contributed by atoms with E-state index in [-0.39, 0.29) is 12.5 Å². The first-order chi connectivity index (χ1) is 13.6. The van der Waals surface area contributed by atoms with E-state index >= 15 is 0 Å². The van der Waals surface area contributed by atoms with Crippen LogP contribution in [0.2, 0.25) is 0 Å². The molecule has 0 spiro atoms. The summed E-state index contributed by atoms with van der Waals surface area (Å²) in [4.78, 5) is 18.5. The third-order valence-corrected chi connectivity index (χ3v) is 4.86. The van der Waals surface area contributed by atoms with Crippen molar-refractivity contribution >= 4 is 21.6 Å². The molecule has 0 aliphatic heterocycles. The lowest BCUT2D eigenvalue weighted by Crippen LogP contribution is -2.26. The highest BCUT2D eigenvalue weighted by molar-refractivity contribution is 7.92. The second-order valence-electron chi connectivity index (χ2n) is 6.94. The van der Waals surface area contributed by atoms with Crippen molar-refractivity contribution in [1.29, 1.82) is 0 Å². The molecular formula is C20H22N4O4S. The van der Waals surface area contributed by atoms with Crippen molar-refractivity contribution in [2.75, 3.05) is 18.0 Å². The van der Waals surface area contributed by atoms with E-state index in [0.29, 0.717) is 28.5 Å². The van der Waals surface area contributed by atoms with Gasteiger partial charge in [0.1, 0.15) is 0 Å². The molecule has 1 N–H and O–H groups in total. The molecule has 0 saturated carbocycles. The van der Waals surface area contributed by atoms with E-state index in [9.17, 15) is 13.2 Å². The molecule has 152 valence electrons. The van der Waals surface area contributed by atoms with Crippen molar-refractivity contribution < 1.29 is 17.7 Å². The quantitative estimate of drug-likeness (QED) is 0.665. The van der Waals surface area contributed by atoms with Crippen LogP contribution in [0.1, 0.15) is 27.4 Å². The zero-order valence-corrected chi connectivity index (χ0v) is 17.4. The summed E-state index contributed by atoms with van der Waals surface area (Å²) in [5.74, 6) is 0.547. The topological polar surface area (TPSA) is 105 Å². The second-order valence-corrected chi connectivity index (χ2v) is 8.69. The van der Waals surface area contributed by atoms with Crippen LogP contribution >= 0.6 is 0 Å². The monoisotopic (exact) mass is 414 g/mol. The highest BCUT2D eigenvalue weighted by atomic mass is 32.2. The van der Waals surface area contributed by atoms with Crippen LogP contribution in [0.25, 0.3) is 11.4 Å². The van der Waals surface area contributed by atoms with Gasteiger partial charge in [-0.1, -0.05) is 35.0 Å². The molecule has 1 heterocycles. The van der Waals surface area contributed by atoms with Crippen LogP contribution in [-0.2, 0) is 16.6 Å². The molecule has 2 aromatic carbocycles. The molecule has 3 aromatic rings. The van der Waals surface area contributed by atoms with E-state index in [1.807, 2.05) is 31.2 Å². The second kappa shape index (κ2) is 8.04. The lowest BCUT2D eigenvalue weighted by atomic mass is 10.1. The van der Waals surface area contributed by atoms with E-state index in [1.165, 1.54) is 4.90 Å². The van der Waals surface area contributed by atoms with Gasteiger partial charge in [0.25, 0.3) is 5.91 Å². The number of hydrogen-bond acceptors (Lipinski definition) is 6. The number of hydrogen-bond donors (Lipinski definition) is 1. The third-order valence-electron chi connectivity index (χ3n) is 4.27. The Labute approximate surface area is 169 Å². The minimum Gasteiger partial charge on any atom is -0.337 e. The Balaban J connectivity index is 1.71. The average molecular weight is 414 g/mol. The highest BCUT2D eigenvalue weighted by Gasteiger charge is 2.17. The summed E-state index contributed by atoms with van der Waals surface area (Å²) in [6.07, 6.45) is 1.08. The summed E-state index contributed by atoms with van der Waals surface area (Å²) >= 11 is 0. The fraction of sp³-hybridized carbons (Fsp3) is 0.250. The molecule has 29 heavy (non-hydrogen) atoms. The summed E-state index contributed by atoms with van der Waals surface area (Å²) in [5, 5.41) is 3.97. The predicted molar refractivity (Wildman–Crippen MR) is 110 cm³/mol. The largest absolute Gasteiger partial charge is 0.337 e. The van der Waals surface area contributed by atoms with Gasteiger partial charge in [0.2, 0.25) is 21.7 Å². The standard InChI is InChI=1S/C20H22N4O4S/c1-13-5-7-15(8-6-13)19-21-18(28-22-19)12-24(3)20(25)16-9-10-17(14(2)11-16)23-29(4,26)27/h5-11,23H,12H2,1-4H3. The summed E-state index contributed by atoms with van der Waals surface area (Å²) < 4.78 is 30.5. The molecule has 0 atom stereocenters. The maximum Gasteiger partial charge on any atom is 0.254 e. The zero-order chi connectivity index (χ0) is 21.2. The lowest BCUT2D eigenvalue weighted by molar-refractivity contribution is 0.0769. The normalized spacial score (nSPS) is 11.3. The number of sulfonamides is 1. The number of carbonyl (C=O) groups is 1. The Morgan fingerprint density at radius 1 is 1.14 bits per heavy atom. The van der Waals surface area contributed by atoms with Gasteiger partial charge < -0.3 is 9.42 Å². The first-order valence-electron chi connectivity index (χ1n) is 8.86. The van der Waals surface area contributed by atoms with Gasteiger partial charge in [-0.05, 0) is 37.6 Å². The van der Waals surface area contributed by atoms with Gasteiger partial charge in [-0.2, -0.15) is 4.98 Å². The van der Waals surface area contributed by atoms with Crippen LogP contribution in [0.5, 0.6) is 0 Å².